The Hall–Kier alpha value is -3.63. The molecule has 0 atom stereocenters. The number of carbonyl (C=O) groups is 1. The molecule has 1 aromatic heterocycles. The summed E-state index contributed by atoms with van der Waals surface area (Å²) in [5.74, 6) is 0.504. The Kier molecular flexibility index (Phi) is 5.72. The summed E-state index contributed by atoms with van der Waals surface area (Å²) in [5, 5.41) is 15.5. The highest BCUT2D eigenvalue weighted by molar-refractivity contribution is 6.31. The maximum Gasteiger partial charge on any atom is 0.274 e. The molecule has 1 amide bonds. The van der Waals surface area contributed by atoms with Crippen LogP contribution in [0.5, 0.6) is 5.75 Å². The van der Waals surface area contributed by atoms with Crippen molar-refractivity contribution in [2.75, 3.05) is 17.7 Å². The minimum absolute atomic E-state index is 0.148. The van der Waals surface area contributed by atoms with Crippen molar-refractivity contribution in [1.82, 2.24) is 9.97 Å². The van der Waals surface area contributed by atoms with Gasteiger partial charge in [0.1, 0.15) is 29.7 Å². The average molecular weight is 394 g/mol. The molecular weight excluding hydrogens is 378 g/mol. The molecule has 3 aromatic rings. The molecule has 1 heterocycles. The zero-order valence-corrected chi connectivity index (χ0v) is 15.9. The normalized spacial score (nSPS) is 10.1. The van der Waals surface area contributed by atoms with Crippen LogP contribution in [0.1, 0.15) is 21.6 Å². The average Bonchev–Trinajstić information content (AvgIpc) is 2.71. The maximum absolute atomic E-state index is 12.5. The number of amides is 1. The van der Waals surface area contributed by atoms with Crippen molar-refractivity contribution in [3.05, 3.63) is 70.6 Å². The zero-order chi connectivity index (χ0) is 20.1. The molecule has 3 rings (SSSR count). The molecule has 0 saturated carbocycles. The summed E-state index contributed by atoms with van der Waals surface area (Å²) in [5.41, 5.74) is 2.45. The number of nitrogens with one attached hydrogen (secondary N) is 2. The second-order valence-electron chi connectivity index (χ2n) is 5.83. The third-order valence-corrected chi connectivity index (χ3v) is 4.35. The summed E-state index contributed by atoms with van der Waals surface area (Å²) in [6, 6.07) is 13.8. The third kappa shape index (κ3) is 4.19. The predicted molar refractivity (Wildman–Crippen MR) is 107 cm³/mol. The molecule has 0 aliphatic carbocycles. The minimum atomic E-state index is -0.451. The fourth-order valence-corrected chi connectivity index (χ4v) is 2.65. The molecule has 0 fully saturated rings. The largest absolute Gasteiger partial charge is 0.495 e. The molecular formula is C20H16ClN5O2. The number of halogens is 1. The van der Waals surface area contributed by atoms with Crippen LogP contribution >= 0.6 is 11.6 Å². The molecule has 2 N–H and O–H groups in total. The van der Waals surface area contributed by atoms with Crippen LogP contribution in [-0.4, -0.2) is 23.0 Å². The van der Waals surface area contributed by atoms with E-state index in [0.29, 0.717) is 33.5 Å². The SMILES string of the molecule is COc1cc(Cl)c(C)cc1Nc1cc(C(=O)Nc2ccccc2C#N)ncn1. The quantitative estimate of drug-likeness (QED) is 0.669. The number of hydrogen-bond donors (Lipinski definition) is 2. The fourth-order valence-electron chi connectivity index (χ4n) is 2.49. The summed E-state index contributed by atoms with van der Waals surface area (Å²) in [6.45, 7) is 1.87. The van der Waals surface area contributed by atoms with Crippen molar-refractivity contribution in [2.24, 2.45) is 0 Å². The molecule has 0 bridgehead atoms. The van der Waals surface area contributed by atoms with Crippen LogP contribution < -0.4 is 15.4 Å². The van der Waals surface area contributed by atoms with Crippen LogP contribution in [0.2, 0.25) is 5.02 Å². The molecule has 0 unspecified atom stereocenters. The zero-order valence-electron chi connectivity index (χ0n) is 15.2. The lowest BCUT2D eigenvalue weighted by molar-refractivity contribution is 0.102. The summed E-state index contributed by atoms with van der Waals surface area (Å²) < 4.78 is 5.34. The van der Waals surface area contributed by atoms with Gasteiger partial charge in [0, 0.05) is 17.2 Å². The molecule has 0 saturated heterocycles. The molecule has 2 aromatic carbocycles. The lowest BCUT2D eigenvalue weighted by Gasteiger charge is -2.13. The second kappa shape index (κ2) is 8.37. The number of nitrogens with zero attached hydrogens (tertiary/aromatic N) is 3. The Bertz CT molecular complexity index is 1080. The highest BCUT2D eigenvalue weighted by Crippen LogP contribution is 2.32. The third-order valence-electron chi connectivity index (χ3n) is 3.94. The van der Waals surface area contributed by atoms with Gasteiger partial charge < -0.3 is 15.4 Å². The first-order chi connectivity index (χ1) is 13.5. The Balaban J connectivity index is 1.84. The summed E-state index contributed by atoms with van der Waals surface area (Å²) in [6.07, 6.45) is 1.28. The van der Waals surface area contributed by atoms with E-state index in [2.05, 4.69) is 20.6 Å². The van der Waals surface area contributed by atoms with Gasteiger partial charge in [-0.1, -0.05) is 23.7 Å². The number of carbonyl (C=O) groups excluding carboxylic acids is 1. The van der Waals surface area contributed by atoms with E-state index in [9.17, 15) is 4.79 Å². The van der Waals surface area contributed by atoms with Gasteiger partial charge in [-0.3, -0.25) is 4.79 Å². The van der Waals surface area contributed by atoms with Crippen molar-refractivity contribution in [3.8, 4) is 11.8 Å². The summed E-state index contributed by atoms with van der Waals surface area (Å²) in [4.78, 5) is 20.7. The monoisotopic (exact) mass is 393 g/mol. The van der Waals surface area contributed by atoms with Crippen LogP contribution in [-0.2, 0) is 0 Å². The Morgan fingerprint density at radius 1 is 1.18 bits per heavy atom. The van der Waals surface area contributed by atoms with Crippen LogP contribution in [0.3, 0.4) is 0 Å². The molecule has 28 heavy (non-hydrogen) atoms. The van der Waals surface area contributed by atoms with Gasteiger partial charge in [0.2, 0.25) is 0 Å². The first-order valence-electron chi connectivity index (χ1n) is 8.25. The van der Waals surface area contributed by atoms with Crippen LogP contribution in [0, 0.1) is 18.3 Å². The van der Waals surface area contributed by atoms with Crippen molar-refractivity contribution in [3.63, 3.8) is 0 Å². The number of aromatic nitrogens is 2. The van der Waals surface area contributed by atoms with Crippen LogP contribution in [0.15, 0.2) is 48.8 Å². The summed E-state index contributed by atoms with van der Waals surface area (Å²) in [7, 11) is 1.54. The van der Waals surface area contributed by atoms with E-state index in [1.54, 1.807) is 30.3 Å². The molecule has 140 valence electrons. The van der Waals surface area contributed by atoms with E-state index < -0.39 is 5.91 Å². The topological polar surface area (TPSA) is 99.9 Å². The van der Waals surface area contributed by atoms with Gasteiger partial charge in [-0.2, -0.15) is 5.26 Å². The van der Waals surface area contributed by atoms with Gasteiger partial charge >= 0.3 is 0 Å². The van der Waals surface area contributed by atoms with E-state index in [1.807, 2.05) is 19.1 Å². The smallest absolute Gasteiger partial charge is 0.274 e. The highest BCUT2D eigenvalue weighted by Gasteiger charge is 2.13. The lowest BCUT2D eigenvalue weighted by Crippen LogP contribution is -2.15. The Labute approximate surface area is 167 Å². The summed E-state index contributed by atoms with van der Waals surface area (Å²) >= 11 is 6.13. The molecule has 0 radical (unpaired) electrons. The number of benzene rings is 2. The number of ether oxygens (including phenoxy) is 1. The number of rotatable bonds is 5. The van der Waals surface area contributed by atoms with Gasteiger partial charge in [-0.25, -0.2) is 9.97 Å². The van der Waals surface area contributed by atoms with E-state index >= 15 is 0 Å². The first-order valence-corrected chi connectivity index (χ1v) is 8.63. The van der Waals surface area contributed by atoms with Gasteiger partial charge in [0.15, 0.2) is 0 Å². The van der Waals surface area contributed by atoms with Crippen molar-refractivity contribution in [2.45, 2.75) is 6.92 Å². The highest BCUT2D eigenvalue weighted by atomic mass is 35.5. The first kappa shape index (κ1) is 19.1. The van der Waals surface area contributed by atoms with Crippen molar-refractivity contribution < 1.29 is 9.53 Å². The molecule has 8 heteroatoms. The standard InChI is InChI=1S/C20H16ClN5O2/c1-12-7-16(18(28-2)8-14(12)21)25-19-9-17(23-11-24-19)20(27)26-15-6-4-3-5-13(15)10-22/h3-9,11H,1-2H3,(H,26,27)(H,23,24,25). The molecule has 7 nitrogen and oxygen atoms in total. The van der Waals surface area contributed by atoms with E-state index in [1.165, 1.54) is 19.5 Å². The van der Waals surface area contributed by atoms with E-state index in [4.69, 9.17) is 21.6 Å². The minimum Gasteiger partial charge on any atom is -0.495 e. The Morgan fingerprint density at radius 3 is 2.71 bits per heavy atom. The van der Waals surface area contributed by atoms with Crippen molar-refractivity contribution >= 4 is 34.7 Å². The van der Waals surface area contributed by atoms with E-state index in [0.717, 1.165) is 5.56 Å². The number of para-hydroxylation sites is 1. The van der Waals surface area contributed by atoms with Gasteiger partial charge in [-0.15, -0.1) is 0 Å². The number of nitriles is 1. The molecule has 0 aliphatic rings. The second-order valence-corrected chi connectivity index (χ2v) is 6.23. The predicted octanol–water partition coefficient (Wildman–Crippen LogP) is 4.31. The van der Waals surface area contributed by atoms with Gasteiger partial charge in [0.25, 0.3) is 5.91 Å². The lowest BCUT2D eigenvalue weighted by atomic mass is 10.2. The van der Waals surface area contributed by atoms with E-state index in [-0.39, 0.29) is 5.69 Å². The van der Waals surface area contributed by atoms with Gasteiger partial charge in [0.05, 0.1) is 24.0 Å². The number of anilines is 3. The van der Waals surface area contributed by atoms with Crippen LogP contribution in [0.25, 0.3) is 0 Å². The number of methoxy groups -OCH3 is 1. The van der Waals surface area contributed by atoms with Crippen LogP contribution in [0.4, 0.5) is 17.2 Å². The van der Waals surface area contributed by atoms with Crippen molar-refractivity contribution in [1.29, 1.82) is 5.26 Å². The number of aryl methyl sites for hydroxylation is 1. The maximum atomic E-state index is 12.5. The fraction of sp³-hybridized carbons (Fsp3) is 0.100. The Morgan fingerprint density at radius 2 is 1.96 bits per heavy atom. The molecule has 0 spiro atoms. The van der Waals surface area contributed by atoms with Gasteiger partial charge in [-0.05, 0) is 30.7 Å². The molecule has 0 aliphatic heterocycles. The number of hydrogen-bond acceptors (Lipinski definition) is 6.